The molecule has 4 heteroatoms. The second-order valence-corrected chi connectivity index (χ2v) is 4.58. The molecular formula is C15H21N3O. The van der Waals surface area contributed by atoms with E-state index in [4.69, 9.17) is 4.74 Å². The van der Waals surface area contributed by atoms with Gasteiger partial charge in [-0.2, -0.15) is 0 Å². The lowest BCUT2D eigenvalue weighted by Crippen LogP contribution is -2.21. The second kappa shape index (κ2) is 6.38. The molecule has 1 aromatic heterocycles. The number of benzene rings is 1. The van der Waals surface area contributed by atoms with Gasteiger partial charge in [-0.3, -0.25) is 0 Å². The molecule has 2 aromatic rings. The van der Waals surface area contributed by atoms with Gasteiger partial charge in [0.25, 0.3) is 0 Å². The van der Waals surface area contributed by atoms with Crippen LogP contribution in [0.25, 0.3) is 0 Å². The summed E-state index contributed by atoms with van der Waals surface area (Å²) in [6, 6.07) is 8.42. The van der Waals surface area contributed by atoms with E-state index in [1.807, 2.05) is 31.3 Å². The zero-order valence-corrected chi connectivity index (χ0v) is 11.7. The molecule has 19 heavy (non-hydrogen) atoms. The van der Waals surface area contributed by atoms with Gasteiger partial charge in [-0.1, -0.05) is 25.1 Å². The number of H-pyrrole nitrogens is 1. The van der Waals surface area contributed by atoms with Gasteiger partial charge in [0.1, 0.15) is 11.6 Å². The predicted molar refractivity (Wildman–Crippen MR) is 76.2 cm³/mol. The number of nitrogens with one attached hydrogen (secondary N) is 2. The fraction of sp³-hybridized carbons (Fsp3) is 0.400. The zero-order chi connectivity index (χ0) is 13.7. The summed E-state index contributed by atoms with van der Waals surface area (Å²) < 4.78 is 5.42. The van der Waals surface area contributed by atoms with Gasteiger partial charge in [-0.15, -0.1) is 0 Å². The molecule has 0 aliphatic carbocycles. The normalized spacial score (nSPS) is 12.4. The number of hydrogen-bond donors (Lipinski definition) is 2. The Bertz CT molecular complexity index is 522. The first-order valence-corrected chi connectivity index (χ1v) is 6.61. The van der Waals surface area contributed by atoms with Gasteiger partial charge < -0.3 is 15.0 Å². The number of hydrogen-bond acceptors (Lipinski definition) is 3. The molecule has 4 nitrogen and oxygen atoms in total. The monoisotopic (exact) mass is 259 g/mol. The minimum atomic E-state index is 0.278. The molecule has 0 bridgehead atoms. The highest BCUT2D eigenvalue weighted by Crippen LogP contribution is 2.26. The summed E-state index contributed by atoms with van der Waals surface area (Å²) in [4.78, 5) is 7.44. The number of imidazole rings is 1. The minimum absolute atomic E-state index is 0.278. The van der Waals surface area contributed by atoms with Crippen molar-refractivity contribution in [1.29, 1.82) is 0 Å². The Balaban J connectivity index is 2.07. The van der Waals surface area contributed by atoms with Gasteiger partial charge in [-0.25, -0.2) is 4.98 Å². The molecular weight excluding hydrogens is 238 g/mol. The lowest BCUT2D eigenvalue weighted by atomic mass is 10.0. The van der Waals surface area contributed by atoms with Crippen molar-refractivity contribution in [3.8, 4) is 5.75 Å². The highest BCUT2D eigenvalue weighted by atomic mass is 16.5. The van der Waals surface area contributed by atoms with Crippen LogP contribution in [0, 0.1) is 6.92 Å². The van der Waals surface area contributed by atoms with E-state index < -0.39 is 0 Å². The summed E-state index contributed by atoms with van der Waals surface area (Å²) in [5.41, 5.74) is 2.30. The quantitative estimate of drug-likeness (QED) is 0.838. The number of nitrogens with zero attached hydrogens (tertiary/aromatic N) is 1. The standard InChI is InChI=1S/C15H21N3O/c1-4-14(13-7-5-6-8-15(13)19-3)17-10-12-9-16-11(2)18-12/h5-9,14,17H,4,10H2,1-3H3,(H,16,18). The van der Waals surface area contributed by atoms with E-state index in [0.717, 1.165) is 30.2 Å². The molecule has 1 heterocycles. The average Bonchev–Trinajstić information content (AvgIpc) is 2.86. The van der Waals surface area contributed by atoms with Crippen LogP contribution in [0.15, 0.2) is 30.5 Å². The number of aryl methyl sites for hydroxylation is 1. The number of aromatic nitrogens is 2. The summed E-state index contributed by atoms with van der Waals surface area (Å²) in [6.45, 7) is 4.90. The maximum atomic E-state index is 5.42. The molecule has 0 saturated heterocycles. The first kappa shape index (κ1) is 13.6. The van der Waals surface area contributed by atoms with Crippen molar-refractivity contribution in [3.63, 3.8) is 0 Å². The van der Waals surface area contributed by atoms with E-state index in [1.165, 1.54) is 5.56 Å². The van der Waals surface area contributed by atoms with Gasteiger partial charge in [0.15, 0.2) is 0 Å². The molecule has 0 radical (unpaired) electrons. The van der Waals surface area contributed by atoms with Crippen LogP contribution in [0.4, 0.5) is 0 Å². The number of para-hydroxylation sites is 1. The molecule has 2 rings (SSSR count). The third-order valence-corrected chi connectivity index (χ3v) is 3.22. The molecule has 1 unspecified atom stereocenters. The van der Waals surface area contributed by atoms with Crippen molar-refractivity contribution in [2.45, 2.75) is 32.9 Å². The Labute approximate surface area is 114 Å². The topological polar surface area (TPSA) is 49.9 Å². The van der Waals surface area contributed by atoms with Crippen molar-refractivity contribution in [2.24, 2.45) is 0 Å². The first-order valence-electron chi connectivity index (χ1n) is 6.61. The fourth-order valence-electron chi connectivity index (χ4n) is 2.22. The van der Waals surface area contributed by atoms with Gasteiger partial charge in [0.05, 0.1) is 7.11 Å². The highest BCUT2D eigenvalue weighted by molar-refractivity contribution is 5.35. The number of rotatable bonds is 6. The van der Waals surface area contributed by atoms with E-state index in [-0.39, 0.29) is 6.04 Å². The van der Waals surface area contributed by atoms with Crippen LogP contribution in [0.3, 0.4) is 0 Å². The number of aromatic amines is 1. The van der Waals surface area contributed by atoms with Crippen LogP contribution >= 0.6 is 0 Å². The maximum absolute atomic E-state index is 5.42. The molecule has 0 saturated carbocycles. The Hall–Kier alpha value is -1.81. The fourth-order valence-corrected chi connectivity index (χ4v) is 2.22. The summed E-state index contributed by atoms with van der Waals surface area (Å²) in [7, 11) is 1.71. The average molecular weight is 259 g/mol. The van der Waals surface area contributed by atoms with Crippen LogP contribution in [-0.4, -0.2) is 17.1 Å². The van der Waals surface area contributed by atoms with Crippen molar-refractivity contribution < 1.29 is 4.74 Å². The first-order chi connectivity index (χ1) is 9.24. The molecule has 0 aliphatic heterocycles. The molecule has 1 atom stereocenters. The van der Waals surface area contributed by atoms with Crippen LogP contribution < -0.4 is 10.1 Å². The van der Waals surface area contributed by atoms with Gasteiger partial charge >= 0.3 is 0 Å². The molecule has 102 valence electrons. The van der Waals surface area contributed by atoms with Gasteiger partial charge in [0, 0.05) is 30.0 Å². The largest absolute Gasteiger partial charge is 0.496 e. The van der Waals surface area contributed by atoms with Crippen molar-refractivity contribution in [1.82, 2.24) is 15.3 Å². The second-order valence-electron chi connectivity index (χ2n) is 4.58. The smallest absolute Gasteiger partial charge is 0.123 e. The van der Waals surface area contributed by atoms with E-state index in [2.05, 4.69) is 28.3 Å². The summed E-state index contributed by atoms with van der Waals surface area (Å²) >= 11 is 0. The molecule has 0 fully saturated rings. The van der Waals surface area contributed by atoms with Crippen LogP contribution in [-0.2, 0) is 6.54 Å². The third-order valence-electron chi connectivity index (χ3n) is 3.22. The lowest BCUT2D eigenvalue weighted by Gasteiger charge is -2.19. The molecule has 0 aliphatic rings. The SMILES string of the molecule is CCC(NCc1cnc(C)[nH]1)c1ccccc1OC. The number of ether oxygens (including phenoxy) is 1. The van der Waals surface area contributed by atoms with Crippen LogP contribution in [0.2, 0.25) is 0 Å². The highest BCUT2D eigenvalue weighted by Gasteiger charge is 2.13. The van der Waals surface area contributed by atoms with E-state index >= 15 is 0 Å². The van der Waals surface area contributed by atoms with E-state index in [9.17, 15) is 0 Å². The predicted octanol–water partition coefficient (Wildman–Crippen LogP) is 2.97. The Morgan fingerprint density at radius 2 is 2.16 bits per heavy atom. The summed E-state index contributed by atoms with van der Waals surface area (Å²) in [6.07, 6.45) is 2.88. The summed E-state index contributed by atoms with van der Waals surface area (Å²) in [5.74, 6) is 1.88. The number of methoxy groups -OCH3 is 1. The lowest BCUT2D eigenvalue weighted by molar-refractivity contribution is 0.396. The third kappa shape index (κ3) is 3.35. The zero-order valence-electron chi connectivity index (χ0n) is 11.7. The molecule has 0 amide bonds. The van der Waals surface area contributed by atoms with Gasteiger partial charge in [0.2, 0.25) is 0 Å². The van der Waals surface area contributed by atoms with Crippen molar-refractivity contribution >= 4 is 0 Å². The summed E-state index contributed by atoms with van der Waals surface area (Å²) in [5, 5.41) is 3.54. The Morgan fingerprint density at radius 3 is 2.79 bits per heavy atom. The van der Waals surface area contributed by atoms with E-state index in [1.54, 1.807) is 7.11 Å². The van der Waals surface area contributed by atoms with Gasteiger partial charge in [-0.05, 0) is 19.4 Å². The van der Waals surface area contributed by atoms with Crippen LogP contribution in [0.5, 0.6) is 5.75 Å². The minimum Gasteiger partial charge on any atom is -0.496 e. The van der Waals surface area contributed by atoms with Crippen LogP contribution in [0.1, 0.15) is 36.5 Å². The van der Waals surface area contributed by atoms with E-state index in [0.29, 0.717) is 0 Å². The molecule has 0 spiro atoms. The maximum Gasteiger partial charge on any atom is 0.123 e. The van der Waals surface area contributed by atoms with Crippen molar-refractivity contribution in [2.75, 3.05) is 7.11 Å². The van der Waals surface area contributed by atoms with Crippen molar-refractivity contribution in [3.05, 3.63) is 47.5 Å². The molecule has 2 N–H and O–H groups in total. The Kier molecular flexibility index (Phi) is 4.58. The Morgan fingerprint density at radius 1 is 1.37 bits per heavy atom. The molecule has 1 aromatic carbocycles.